The standard InChI is InChI=1S/C14H12F3NO4/c1-3-20-13(19)11-8(2)21-12(18-11)9-5-4-6-10(7-9)22-14(15,16)17/h4-7H,3H2,1-2H3. The van der Waals surface area contributed by atoms with Crippen LogP contribution < -0.4 is 4.74 Å². The fraction of sp³-hybridized carbons (Fsp3) is 0.286. The van der Waals surface area contributed by atoms with E-state index in [1.807, 2.05) is 0 Å². The topological polar surface area (TPSA) is 61.6 Å². The summed E-state index contributed by atoms with van der Waals surface area (Å²) in [5, 5.41) is 0. The van der Waals surface area contributed by atoms with E-state index in [2.05, 4.69) is 9.72 Å². The summed E-state index contributed by atoms with van der Waals surface area (Å²) in [6.07, 6.45) is -4.79. The Morgan fingerprint density at radius 3 is 2.73 bits per heavy atom. The molecule has 0 spiro atoms. The molecule has 0 saturated heterocycles. The minimum Gasteiger partial charge on any atom is -0.461 e. The Labute approximate surface area is 123 Å². The van der Waals surface area contributed by atoms with Gasteiger partial charge < -0.3 is 13.9 Å². The Morgan fingerprint density at radius 1 is 1.36 bits per heavy atom. The van der Waals surface area contributed by atoms with Gasteiger partial charge in [-0.3, -0.25) is 0 Å². The molecular formula is C14H12F3NO4. The number of nitrogens with zero attached hydrogens (tertiary/aromatic N) is 1. The number of ether oxygens (including phenoxy) is 2. The molecule has 2 rings (SSSR count). The van der Waals surface area contributed by atoms with E-state index in [0.29, 0.717) is 0 Å². The van der Waals surface area contributed by atoms with E-state index in [0.717, 1.165) is 12.1 Å². The number of hydrogen-bond donors (Lipinski definition) is 0. The van der Waals surface area contributed by atoms with Gasteiger partial charge in [0.2, 0.25) is 5.89 Å². The molecule has 0 aliphatic rings. The van der Waals surface area contributed by atoms with Gasteiger partial charge in [0.25, 0.3) is 0 Å². The van der Waals surface area contributed by atoms with Crippen LogP contribution in [0.25, 0.3) is 11.5 Å². The number of aromatic nitrogens is 1. The van der Waals surface area contributed by atoms with Crippen LogP contribution in [-0.4, -0.2) is 23.9 Å². The fourth-order valence-corrected chi connectivity index (χ4v) is 1.73. The minimum absolute atomic E-state index is 0.00757. The van der Waals surface area contributed by atoms with Gasteiger partial charge in [-0.15, -0.1) is 13.2 Å². The van der Waals surface area contributed by atoms with Crippen molar-refractivity contribution in [2.45, 2.75) is 20.2 Å². The van der Waals surface area contributed by atoms with Crippen molar-refractivity contribution in [2.75, 3.05) is 6.61 Å². The lowest BCUT2D eigenvalue weighted by Crippen LogP contribution is -2.17. The summed E-state index contributed by atoms with van der Waals surface area (Å²) in [6.45, 7) is 3.33. The van der Waals surface area contributed by atoms with E-state index in [9.17, 15) is 18.0 Å². The van der Waals surface area contributed by atoms with Crippen molar-refractivity contribution in [1.82, 2.24) is 4.98 Å². The molecule has 0 N–H and O–H groups in total. The summed E-state index contributed by atoms with van der Waals surface area (Å²) in [5.74, 6) is -0.833. The Bertz CT molecular complexity index is 679. The zero-order valence-corrected chi connectivity index (χ0v) is 11.7. The number of carbonyl (C=O) groups excluding carboxylic acids is 1. The van der Waals surface area contributed by atoms with Crippen LogP contribution in [0.3, 0.4) is 0 Å². The average Bonchev–Trinajstić information content (AvgIpc) is 2.79. The molecule has 118 valence electrons. The van der Waals surface area contributed by atoms with Crippen molar-refractivity contribution in [2.24, 2.45) is 0 Å². The molecule has 1 heterocycles. The van der Waals surface area contributed by atoms with Gasteiger partial charge in [0.1, 0.15) is 11.5 Å². The molecular weight excluding hydrogens is 303 g/mol. The number of alkyl halides is 3. The molecule has 0 aliphatic carbocycles. The number of esters is 1. The lowest BCUT2D eigenvalue weighted by molar-refractivity contribution is -0.274. The number of oxazole rings is 1. The van der Waals surface area contributed by atoms with Crippen molar-refractivity contribution in [3.8, 4) is 17.2 Å². The van der Waals surface area contributed by atoms with Gasteiger partial charge in [0.05, 0.1) is 6.61 Å². The first kappa shape index (κ1) is 15.9. The van der Waals surface area contributed by atoms with Crippen molar-refractivity contribution in [1.29, 1.82) is 0 Å². The molecule has 0 radical (unpaired) electrons. The Kier molecular flexibility index (Phi) is 4.39. The number of rotatable bonds is 4. The summed E-state index contributed by atoms with van der Waals surface area (Å²) in [5.41, 5.74) is 0.236. The molecule has 2 aromatic rings. The van der Waals surface area contributed by atoms with Crippen LogP contribution in [0.4, 0.5) is 13.2 Å². The summed E-state index contributed by atoms with van der Waals surface area (Å²) < 4.78 is 50.6. The zero-order valence-electron chi connectivity index (χ0n) is 11.7. The lowest BCUT2D eigenvalue weighted by Gasteiger charge is -2.08. The van der Waals surface area contributed by atoms with Gasteiger partial charge in [0.15, 0.2) is 5.69 Å². The van der Waals surface area contributed by atoms with Crippen molar-refractivity contribution < 1.29 is 31.9 Å². The average molecular weight is 315 g/mol. The van der Waals surface area contributed by atoms with Gasteiger partial charge in [-0.05, 0) is 32.0 Å². The summed E-state index contributed by atoms with van der Waals surface area (Å²) in [6, 6.07) is 5.12. The number of aryl methyl sites for hydroxylation is 1. The van der Waals surface area contributed by atoms with E-state index in [-0.39, 0.29) is 29.5 Å². The monoisotopic (exact) mass is 315 g/mol. The third kappa shape index (κ3) is 3.78. The van der Waals surface area contributed by atoms with Crippen LogP contribution in [-0.2, 0) is 4.74 Å². The number of halogens is 3. The van der Waals surface area contributed by atoms with Gasteiger partial charge in [-0.2, -0.15) is 0 Å². The van der Waals surface area contributed by atoms with Gasteiger partial charge in [-0.25, -0.2) is 9.78 Å². The Morgan fingerprint density at radius 2 is 2.09 bits per heavy atom. The molecule has 0 saturated carbocycles. The highest BCUT2D eigenvalue weighted by molar-refractivity contribution is 5.88. The van der Waals surface area contributed by atoms with Crippen LogP contribution in [0.1, 0.15) is 23.2 Å². The molecule has 0 bridgehead atoms. The Hall–Kier alpha value is -2.51. The predicted molar refractivity (Wildman–Crippen MR) is 69.3 cm³/mol. The maximum Gasteiger partial charge on any atom is 0.573 e. The van der Waals surface area contributed by atoms with E-state index >= 15 is 0 Å². The molecule has 0 aliphatic heterocycles. The van der Waals surface area contributed by atoms with E-state index in [4.69, 9.17) is 9.15 Å². The first-order chi connectivity index (χ1) is 10.3. The second kappa shape index (κ2) is 6.08. The fourth-order valence-electron chi connectivity index (χ4n) is 1.73. The van der Waals surface area contributed by atoms with Gasteiger partial charge >= 0.3 is 12.3 Å². The third-order valence-corrected chi connectivity index (χ3v) is 2.58. The first-order valence-corrected chi connectivity index (χ1v) is 6.31. The van der Waals surface area contributed by atoms with Crippen LogP contribution >= 0.6 is 0 Å². The van der Waals surface area contributed by atoms with Crippen LogP contribution in [0.5, 0.6) is 5.75 Å². The van der Waals surface area contributed by atoms with Crippen molar-refractivity contribution >= 4 is 5.97 Å². The van der Waals surface area contributed by atoms with E-state index < -0.39 is 18.1 Å². The molecule has 0 atom stereocenters. The van der Waals surface area contributed by atoms with Crippen molar-refractivity contribution in [3.05, 3.63) is 35.7 Å². The van der Waals surface area contributed by atoms with Crippen LogP contribution in [0.15, 0.2) is 28.7 Å². The minimum atomic E-state index is -4.79. The zero-order chi connectivity index (χ0) is 16.3. The number of carbonyl (C=O) groups is 1. The molecule has 8 heteroatoms. The largest absolute Gasteiger partial charge is 0.573 e. The summed E-state index contributed by atoms with van der Waals surface area (Å²) >= 11 is 0. The molecule has 22 heavy (non-hydrogen) atoms. The Balaban J connectivity index is 2.31. The quantitative estimate of drug-likeness (QED) is 0.805. The van der Waals surface area contributed by atoms with E-state index in [1.54, 1.807) is 6.92 Å². The molecule has 1 aromatic carbocycles. The number of benzene rings is 1. The van der Waals surface area contributed by atoms with Gasteiger partial charge in [-0.1, -0.05) is 6.07 Å². The second-order valence-corrected chi connectivity index (χ2v) is 4.22. The maximum atomic E-state index is 12.2. The number of hydrogen-bond acceptors (Lipinski definition) is 5. The highest BCUT2D eigenvalue weighted by Gasteiger charge is 2.31. The summed E-state index contributed by atoms with van der Waals surface area (Å²) in [4.78, 5) is 15.6. The van der Waals surface area contributed by atoms with E-state index in [1.165, 1.54) is 19.1 Å². The lowest BCUT2D eigenvalue weighted by atomic mass is 10.2. The molecule has 0 fully saturated rings. The second-order valence-electron chi connectivity index (χ2n) is 4.22. The molecule has 1 aromatic heterocycles. The van der Waals surface area contributed by atoms with Crippen molar-refractivity contribution in [3.63, 3.8) is 0 Å². The smallest absolute Gasteiger partial charge is 0.461 e. The van der Waals surface area contributed by atoms with Crippen LogP contribution in [0.2, 0.25) is 0 Å². The highest BCUT2D eigenvalue weighted by atomic mass is 19.4. The summed E-state index contributed by atoms with van der Waals surface area (Å²) in [7, 11) is 0. The maximum absolute atomic E-state index is 12.2. The van der Waals surface area contributed by atoms with Crippen LogP contribution in [0, 0.1) is 6.92 Å². The normalized spacial score (nSPS) is 11.3. The highest BCUT2D eigenvalue weighted by Crippen LogP contribution is 2.28. The molecule has 0 amide bonds. The molecule has 5 nitrogen and oxygen atoms in total. The predicted octanol–water partition coefficient (Wildman–Crippen LogP) is 3.73. The third-order valence-electron chi connectivity index (χ3n) is 2.58. The first-order valence-electron chi connectivity index (χ1n) is 6.31. The molecule has 0 unspecified atom stereocenters. The SMILES string of the molecule is CCOC(=O)c1nc(-c2cccc(OC(F)(F)F)c2)oc1C. The van der Waals surface area contributed by atoms with Gasteiger partial charge in [0, 0.05) is 5.56 Å².